The molecule has 0 saturated heterocycles. The highest BCUT2D eigenvalue weighted by atomic mass is 35.5. The van der Waals surface area contributed by atoms with E-state index in [1.54, 1.807) is 51.3 Å². The Balaban J connectivity index is 2.02. The van der Waals surface area contributed by atoms with Crippen LogP contribution in [0.4, 0.5) is 0 Å². The van der Waals surface area contributed by atoms with Gasteiger partial charge in [-0.15, -0.1) is 0 Å². The number of benzene rings is 2. The van der Waals surface area contributed by atoms with Crippen LogP contribution in [0.5, 0.6) is 0 Å². The summed E-state index contributed by atoms with van der Waals surface area (Å²) in [6.45, 7) is 5.44. The van der Waals surface area contributed by atoms with Crippen LogP contribution < -0.4 is 5.32 Å². The molecular weight excluding hydrogens is 398 g/mol. The molecule has 28 heavy (non-hydrogen) atoms. The molecule has 0 aliphatic carbocycles. The summed E-state index contributed by atoms with van der Waals surface area (Å²) in [7, 11) is -1.73. The van der Waals surface area contributed by atoms with Crippen molar-refractivity contribution in [2.75, 3.05) is 13.7 Å². The third kappa shape index (κ3) is 5.34. The number of methoxy groups -OCH3 is 1. The van der Waals surface area contributed by atoms with E-state index in [4.69, 9.17) is 16.3 Å². The number of hydrogen-bond acceptors (Lipinski definition) is 4. The smallest absolute Gasteiger partial charge is 0.224 e. The molecular formula is C21H26ClNO4S. The minimum Gasteiger partial charge on any atom is -0.372 e. The molecule has 2 rings (SSSR count). The number of carbonyl (C=O) groups excluding carboxylic acids is 1. The molecule has 1 atom stereocenters. The van der Waals surface area contributed by atoms with Gasteiger partial charge in [0.1, 0.15) is 5.60 Å². The first kappa shape index (κ1) is 22.4. The van der Waals surface area contributed by atoms with E-state index < -0.39 is 20.7 Å². The maximum Gasteiger partial charge on any atom is 0.224 e. The third-order valence-electron chi connectivity index (χ3n) is 4.75. The molecule has 0 spiro atoms. The lowest BCUT2D eigenvalue weighted by Gasteiger charge is -2.29. The molecule has 0 aliphatic heterocycles. The first-order valence-electron chi connectivity index (χ1n) is 8.99. The normalized spacial score (nSPS) is 13.9. The van der Waals surface area contributed by atoms with Gasteiger partial charge in [-0.05, 0) is 56.2 Å². The van der Waals surface area contributed by atoms with Crippen LogP contribution in [0.15, 0.2) is 53.4 Å². The summed E-state index contributed by atoms with van der Waals surface area (Å²) in [4.78, 5) is 12.6. The lowest BCUT2D eigenvalue weighted by Crippen LogP contribution is -2.40. The molecule has 0 heterocycles. The van der Waals surface area contributed by atoms with Gasteiger partial charge in [0, 0.05) is 12.1 Å². The zero-order valence-corrected chi connectivity index (χ0v) is 18.1. The van der Waals surface area contributed by atoms with Gasteiger partial charge in [-0.1, -0.05) is 35.9 Å². The Kier molecular flexibility index (Phi) is 7.26. The van der Waals surface area contributed by atoms with E-state index >= 15 is 0 Å². The summed E-state index contributed by atoms with van der Waals surface area (Å²) in [6.07, 6.45) is 0.150. The van der Waals surface area contributed by atoms with E-state index in [1.165, 1.54) is 0 Å². The fourth-order valence-electron chi connectivity index (χ4n) is 2.69. The second-order valence-electron chi connectivity index (χ2n) is 7.14. The van der Waals surface area contributed by atoms with Gasteiger partial charge in [0.2, 0.25) is 5.91 Å². The first-order chi connectivity index (χ1) is 13.1. The number of halogens is 1. The molecule has 0 aromatic heterocycles. The summed E-state index contributed by atoms with van der Waals surface area (Å²) < 4.78 is 29.9. The fraction of sp³-hybridized carbons (Fsp3) is 0.381. The number of rotatable bonds is 8. The second-order valence-corrected chi connectivity index (χ2v) is 10.1. The SMILES string of the molecule is COC(C)(CNC(=O)Cc1ccc(S(=O)(=O)C(C)C)cc1)c1cccc(Cl)c1. The molecule has 0 radical (unpaired) electrons. The van der Waals surface area contributed by atoms with Gasteiger partial charge in [-0.3, -0.25) is 4.79 Å². The Hall–Kier alpha value is -1.89. The molecule has 0 saturated carbocycles. The Morgan fingerprint density at radius 1 is 1.18 bits per heavy atom. The zero-order valence-electron chi connectivity index (χ0n) is 16.5. The highest BCUT2D eigenvalue weighted by Gasteiger charge is 2.27. The van der Waals surface area contributed by atoms with E-state index in [0.717, 1.165) is 11.1 Å². The first-order valence-corrected chi connectivity index (χ1v) is 10.9. The Morgan fingerprint density at radius 3 is 2.36 bits per heavy atom. The van der Waals surface area contributed by atoms with Gasteiger partial charge < -0.3 is 10.1 Å². The van der Waals surface area contributed by atoms with Crippen molar-refractivity contribution in [3.63, 3.8) is 0 Å². The summed E-state index contributed by atoms with van der Waals surface area (Å²) in [6, 6.07) is 13.8. The maximum absolute atomic E-state index is 12.4. The predicted octanol–water partition coefficient (Wildman–Crippen LogP) is 3.74. The molecule has 2 aromatic carbocycles. The fourth-order valence-corrected chi connectivity index (χ4v) is 3.94. The molecule has 5 nitrogen and oxygen atoms in total. The van der Waals surface area contributed by atoms with E-state index in [-0.39, 0.29) is 23.8 Å². The quantitative estimate of drug-likeness (QED) is 0.701. The van der Waals surface area contributed by atoms with Crippen LogP contribution in [0, 0.1) is 0 Å². The number of carbonyl (C=O) groups is 1. The summed E-state index contributed by atoms with van der Waals surface area (Å²) in [5, 5.41) is 2.99. The average Bonchev–Trinajstić information content (AvgIpc) is 2.66. The number of ether oxygens (including phenoxy) is 1. The van der Waals surface area contributed by atoms with Gasteiger partial charge in [0.05, 0.1) is 23.1 Å². The van der Waals surface area contributed by atoms with Gasteiger partial charge in [0.25, 0.3) is 0 Å². The molecule has 7 heteroatoms. The van der Waals surface area contributed by atoms with Crippen molar-refractivity contribution in [1.29, 1.82) is 0 Å². The standard InChI is InChI=1S/C21H26ClNO4S/c1-15(2)28(25,26)19-10-8-16(9-11-19)12-20(24)23-14-21(3,27-4)17-6-5-7-18(22)13-17/h5-11,13,15H,12,14H2,1-4H3,(H,23,24). The Labute approximate surface area is 172 Å². The van der Waals surface area contributed by atoms with Crippen molar-refractivity contribution in [3.05, 3.63) is 64.7 Å². The minimum atomic E-state index is -3.32. The number of sulfone groups is 1. The van der Waals surface area contributed by atoms with Gasteiger partial charge in [0.15, 0.2) is 9.84 Å². The molecule has 1 N–H and O–H groups in total. The van der Waals surface area contributed by atoms with E-state index in [0.29, 0.717) is 5.02 Å². The van der Waals surface area contributed by atoms with Crippen molar-refractivity contribution < 1.29 is 17.9 Å². The van der Waals surface area contributed by atoms with Crippen molar-refractivity contribution in [2.45, 2.75) is 42.9 Å². The molecule has 0 aliphatic rings. The Bertz CT molecular complexity index is 926. The number of hydrogen-bond donors (Lipinski definition) is 1. The second kappa shape index (κ2) is 9.07. The third-order valence-corrected chi connectivity index (χ3v) is 7.15. The molecule has 152 valence electrons. The summed E-state index contributed by atoms with van der Waals surface area (Å²) in [5.74, 6) is -0.176. The van der Waals surface area contributed by atoms with Crippen molar-refractivity contribution in [3.8, 4) is 0 Å². The van der Waals surface area contributed by atoms with Crippen LogP contribution in [0.1, 0.15) is 31.9 Å². The van der Waals surface area contributed by atoms with E-state index in [1.807, 2.05) is 25.1 Å². The van der Waals surface area contributed by atoms with Crippen LogP contribution in [0.2, 0.25) is 5.02 Å². The monoisotopic (exact) mass is 423 g/mol. The lowest BCUT2D eigenvalue weighted by atomic mass is 9.95. The van der Waals surface area contributed by atoms with Gasteiger partial charge >= 0.3 is 0 Å². The van der Waals surface area contributed by atoms with Gasteiger partial charge in [-0.2, -0.15) is 0 Å². The highest BCUT2D eigenvalue weighted by molar-refractivity contribution is 7.92. The van der Waals surface area contributed by atoms with Gasteiger partial charge in [-0.25, -0.2) is 8.42 Å². The van der Waals surface area contributed by atoms with E-state index in [9.17, 15) is 13.2 Å². The van der Waals surface area contributed by atoms with Crippen LogP contribution in [0.25, 0.3) is 0 Å². The van der Waals surface area contributed by atoms with E-state index in [2.05, 4.69) is 5.32 Å². The molecule has 0 fully saturated rings. The summed E-state index contributed by atoms with van der Waals surface area (Å²) in [5.41, 5.74) is 0.892. The number of amides is 1. The van der Waals surface area contributed by atoms with Crippen molar-refractivity contribution >= 4 is 27.3 Å². The molecule has 2 aromatic rings. The average molecular weight is 424 g/mol. The largest absolute Gasteiger partial charge is 0.372 e. The van der Waals surface area contributed by atoms with Crippen LogP contribution in [-0.2, 0) is 31.4 Å². The maximum atomic E-state index is 12.4. The lowest BCUT2D eigenvalue weighted by molar-refractivity contribution is -0.122. The van der Waals surface area contributed by atoms with Crippen LogP contribution in [-0.4, -0.2) is 33.2 Å². The Morgan fingerprint density at radius 2 is 1.82 bits per heavy atom. The molecule has 1 amide bonds. The zero-order chi connectivity index (χ0) is 20.9. The number of nitrogens with one attached hydrogen (secondary N) is 1. The van der Waals surface area contributed by atoms with Crippen molar-refractivity contribution in [2.24, 2.45) is 0 Å². The highest BCUT2D eigenvalue weighted by Crippen LogP contribution is 2.26. The van der Waals surface area contributed by atoms with Crippen LogP contribution in [0.3, 0.4) is 0 Å². The van der Waals surface area contributed by atoms with Crippen LogP contribution >= 0.6 is 11.6 Å². The summed E-state index contributed by atoms with van der Waals surface area (Å²) >= 11 is 6.06. The molecule has 0 bridgehead atoms. The topological polar surface area (TPSA) is 72.5 Å². The van der Waals surface area contributed by atoms with Crippen molar-refractivity contribution in [1.82, 2.24) is 5.32 Å². The molecule has 1 unspecified atom stereocenters. The predicted molar refractivity (Wildman–Crippen MR) is 111 cm³/mol. The minimum absolute atomic E-state index is 0.150.